The molecule has 4 rings (SSSR count). The maximum absolute atomic E-state index is 4.25. The third kappa shape index (κ3) is 3.98. The Morgan fingerprint density at radius 1 is 0.875 bits per heavy atom. The molecular formula is C20H32N4. The standard InChI is InChI=1S/C20H32N4/c1-2-11-23(10-1)20-6-4-12-24(17-20)19-7-13-22(14-8-19)16-18-5-3-9-21-15-18/h3,5,9,15,19-20H,1-2,4,6-8,10-14,16-17H2. The van der Waals surface area contributed by atoms with Crippen LogP contribution in [0.4, 0.5) is 0 Å². The second-order valence-electron chi connectivity index (χ2n) is 7.90. The first kappa shape index (κ1) is 16.5. The van der Waals surface area contributed by atoms with Gasteiger partial charge in [0.05, 0.1) is 0 Å². The van der Waals surface area contributed by atoms with Gasteiger partial charge < -0.3 is 0 Å². The van der Waals surface area contributed by atoms with Crippen LogP contribution in [0.1, 0.15) is 44.1 Å². The minimum absolute atomic E-state index is 0.820. The van der Waals surface area contributed by atoms with E-state index in [0.717, 1.165) is 18.6 Å². The molecule has 4 heteroatoms. The molecule has 0 aliphatic carbocycles. The van der Waals surface area contributed by atoms with Crippen LogP contribution in [0.3, 0.4) is 0 Å². The summed E-state index contributed by atoms with van der Waals surface area (Å²) in [7, 11) is 0. The number of hydrogen-bond donors (Lipinski definition) is 0. The summed E-state index contributed by atoms with van der Waals surface area (Å²) in [5.41, 5.74) is 1.35. The van der Waals surface area contributed by atoms with Crippen molar-refractivity contribution < 1.29 is 0 Å². The van der Waals surface area contributed by atoms with E-state index in [1.165, 1.54) is 83.4 Å². The summed E-state index contributed by atoms with van der Waals surface area (Å²) in [6.45, 7) is 8.90. The highest BCUT2D eigenvalue weighted by atomic mass is 15.3. The fraction of sp³-hybridized carbons (Fsp3) is 0.750. The summed E-state index contributed by atoms with van der Waals surface area (Å²) in [6, 6.07) is 5.91. The second-order valence-corrected chi connectivity index (χ2v) is 7.90. The van der Waals surface area contributed by atoms with Gasteiger partial charge in [-0.2, -0.15) is 0 Å². The summed E-state index contributed by atoms with van der Waals surface area (Å²) >= 11 is 0. The highest BCUT2D eigenvalue weighted by Crippen LogP contribution is 2.25. The Morgan fingerprint density at radius 2 is 1.67 bits per heavy atom. The summed E-state index contributed by atoms with van der Waals surface area (Å²) in [5.74, 6) is 0. The molecule has 3 aliphatic rings. The molecule has 132 valence electrons. The first-order chi connectivity index (χ1) is 11.9. The molecule has 1 unspecified atom stereocenters. The van der Waals surface area contributed by atoms with Gasteiger partial charge in [0.15, 0.2) is 0 Å². The van der Waals surface area contributed by atoms with Crippen LogP contribution in [0, 0.1) is 0 Å². The van der Waals surface area contributed by atoms with Crippen LogP contribution in [0.5, 0.6) is 0 Å². The number of pyridine rings is 1. The average molecular weight is 329 g/mol. The summed E-state index contributed by atoms with van der Waals surface area (Å²) in [6.07, 6.45) is 12.2. The molecular weight excluding hydrogens is 296 g/mol. The molecule has 1 atom stereocenters. The molecule has 3 aliphatic heterocycles. The van der Waals surface area contributed by atoms with E-state index in [1.807, 2.05) is 18.5 Å². The summed E-state index contributed by atoms with van der Waals surface area (Å²) in [5, 5.41) is 0. The Morgan fingerprint density at radius 3 is 2.42 bits per heavy atom. The average Bonchev–Trinajstić information content (AvgIpc) is 3.18. The Kier molecular flexibility index (Phi) is 5.46. The van der Waals surface area contributed by atoms with Crippen molar-refractivity contribution in [2.75, 3.05) is 39.3 Å². The predicted octanol–water partition coefficient (Wildman–Crippen LogP) is 2.61. The molecule has 0 amide bonds. The van der Waals surface area contributed by atoms with Crippen LogP contribution >= 0.6 is 0 Å². The molecule has 0 radical (unpaired) electrons. The molecule has 3 saturated heterocycles. The molecule has 3 fully saturated rings. The Hall–Kier alpha value is -0.970. The van der Waals surface area contributed by atoms with E-state index >= 15 is 0 Å². The normalized spacial score (nSPS) is 28.4. The number of likely N-dealkylation sites (tertiary alicyclic amines) is 3. The molecule has 1 aromatic rings. The van der Waals surface area contributed by atoms with Crippen molar-refractivity contribution in [3.8, 4) is 0 Å². The molecule has 0 N–H and O–H groups in total. The molecule has 4 heterocycles. The highest BCUT2D eigenvalue weighted by Gasteiger charge is 2.31. The van der Waals surface area contributed by atoms with Crippen LogP contribution < -0.4 is 0 Å². The number of aromatic nitrogens is 1. The van der Waals surface area contributed by atoms with Crippen LogP contribution in [0.2, 0.25) is 0 Å². The number of hydrogen-bond acceptors (Lipinski definition) is 4. The van der Waals surface area contributed by atoms with Gasteiger partial charge in [-0.3, -0.25) is 19.7 Å². The van der Waals surface area contributed by atoms with Gasteiger partial charge >= 0.3 is 0 Å². The zero-order chi connectivity index (χ0) is 16.2. The maximum Gasteiger partial charge on any atom is 0.0312 e. The maximum atomic E-state index is 4.25. The number of rotatable bonds is 4. The van der Waals surface area contributed by atoms with E-state index in [0.29, 0.717) is 0 Å². The molecule has 1 aromatic heterocycles. The Labute approximate surface area is 146 Å². The lowest BCUT2D eigenvalue weighted by Crippen LogP contribution is -2.53. The van der Waals surface area contributed by atoms with Crippen LogP contribution in [0.15, 0.2) is 24.5 Å². The SMILES string of the molecule is c1cncc(CN2CCC(N3CCCC(N4CCCC4)C3)CC2)c1. The van der Waals surface area contributed by atoms with Crippen molar-refractivity contribution in [2.24, 2.45) is 0 Å². The van der Waals surface area contributed by atoms with Crippen molar-refractivity contribution in [2.45, 2.75) is 57.2 Å². The minimum Gasteiger partial charge on any atom is -0.299 e. The van der Waals surface area contributed by atoms with Crippen molar-refractivity contribution in [3.05, 3.63) is 30.1 Å². The van der Waals surface area contributed by atoms with E-state index in [-0.39, 0.29) is 0 Å². The summed E-state index contributed by atoms with van der Waals surface area (Å²) in [4.78, 5) is 12.4. The fourth-order valence-corrected chi connectivity index (χ4v) is 4.91. The molecule has 24 heavy (non-hydrogen) atoms. The largest absolute Gasteiger partial charge is 0.299 e. The minimum atomic E-state index is 0.820. The predicted molar refractivity (Wildman–Crippen MR) is 97.9 cm³/mol. The van der Waals surface area contributed by atoms with Crippen LogP contribution in [0.25, 0.3) is 0 Å². The number of piperidine rings is 2. The monoisotopic (exact) mass is 328 g/mol. The molecule has 4 nitrogen and oxygen atoms in total. The Bertz CT molecular complexity index is 492. The molecule has 0 spiro atoms. The Balaban J connectivity index is 1.26. The summed E-state index contributed by atoms with van der Waals surface area (Å²) < 4.78 is 0. The van der Waals surface area contributed by atoms with Crippen molar-refractivity contribution in [1.29, 1.82) is 0 Å². The molecule has 0 aromatic carbocycles. The first-order valence-electron chi connectivity index (χ1n) is 9.98. The van der Waals surface area contributed by atoms with Crippen molar-refractivity contribution in [1.82, 2.24) is 19.7 Å². The quantitative estimate of drug-likeness (QED) is 0.847. The lowest BCUT2D eigenvalue weighted by molar-refractivity contribution is 0.0498. The van der Waals surface area contributed by atoms with Gasteiger partial charge in [-0.25, -0.2) is 0 Å². The molecule has 0 bridgehead atoms. The lowest BCUT2D eigenvalue weighted by atomic mass is 9.97. The smallest absolute Gasteiger partial charge is 0.0312 e. The van der Waals surface area contributed by atoms with Crippen molar-refractivity contribution >= 4 is 0 Å². The van der Waals surface area contributed by atoms with E-state index in [9.17, 15) is 0 Å². The van der Waals surface area contributed by atoms with Gasteiger partial charge in [0, 0.05) is 37.6 Å². The second kappa shape index (κ2) is 7.94. The van der Waals surface area contributed by atoms with Gasteiger partial charge in [0.2, 0.25) is 0 Å². The van der Waals surface area contributed by atoms with Gasteiger partial charge in [0.25, 0.3) is 0 Å². The third-order valence-electron chi connectivity index (χ3n) is 6.29. The first-order valence-corrected chi connectivity index (χ1v) is 9.98. The topological polar surface area (TPSA) is 22.6 Å². The van der Waals surface area contributed by atoms with E-state index in [2.05, 4.69) is 25.8 Å². The highest BCUT2D eigenvalue weighted by molar-refractivity contribution is 5.08. The van der Waals surface area contributed by atoms with Crippen LogP contribution in [-0.4, -0.2) is 71.0 Å². The van der Waals surface area contributed by atoms with E-state index < -0.39 is 0 Å². The fourth-order valence-electron chi connectivity index (χ4n) is 4.91. The zero-order valence-corrected chi connectivity index (χ0v) is 14.9. The third-order valence-corrected chi connectivity index (χ3v) is 6.29. The van der Waals surface area contributed by atoms with Crippen LogP contribution in [-0.2, 0) is 6.54 Å². The zero-order valence-electron chi connectivity index (χ0n) is 14.9. The molecule has 0 saturated carbocycles. The van der Waals surface area contributed by atoms with E-state index in [1.54, 1.807) is 0 Å². The number of nitrogens with zero attached hydrogens (tertiary/aromatic N) is 4. The van der Waals surface area contributed by atoms with Gasteiger partial charge in [-0.15, -0.1) is 0 Å². The van der Waals surface area contributed by atoms with E-state index in [4.69, 9.17) is 0 Å². The van der Waals surface area contributed by atoms with Gasteiger partial charge in [0.1, 0.15) is 0 Å². The lowest BCUT2D eigenvalue weighted by Gasteiger charge is -2.44. The van der Waals surface area contributed by atoms with Gasteiger partial charge in [-0.05, 0) is 82.9 Å². The van der Waals surface area contributed by atoms with Crippen molar-refractivity contribution in [3.63, 3.8) is 0 Å². The van der Waals surface area contributed by atoms with Gasteiger partial charge in [-0.1, -0.05) is 6.07 Å².